The molecule has 0 spiro atoms. The van der Waals surface area contributed by atoms with E-state index in [0.29, 0.717) is 21.7 Å². The topological polar surface area (TPSA) is 34.9 Å². The molecule has 1 aliphatic rings. The Morgan fingerprint density at radius 3 is 2.61 bits per heavy atom. The molecule has 0 atom stereocenters. The lowest BCUT2D eigenvalue weighted by molar-refractivity contribution is -0.103. The fourth-order valence-electron chi connectivity index (χ4n) is 3.33. The summed E-state index contributed by atoms with van der Waals surface area (Å²) in [5, 5.41) is 1.18. The standard InChI is InChI=1S/C18H18Cl2N2O/c19-14-6-7-15(16(20)10-14)18(13-4-2-1-3-5-13)17(11-23)22-9-8-21-12-22/h6-13H,1-5H2. The van der Waals surface area contributed by atoms with Crippen molar-refractivity contribution < 1.29 is 4.79 Å². The summed E-state index contributed by atoms with van der Waals surface area (Å²) in [5.74, 6) is 0.324. The van der Waals surface area contributed by atoms with Crippen LogP contribution in [-0.4, -0.2) is 15.8 Å². The first-order valence-corrected chi connectivity index (χ1v) is 8.59. The molecule has 0 N–H and O–H groups in total. The fraction of sp³-hybridized carbons (Fsp3) is 0.333. The van der Waals surface area contributed by atoms with Gasteiger partial charge in [0.15, 0.2) is 6.29 Å². The molecular formula is C18H18Cl2N2O. The zero-order valence-corrected chi connectivity index (χ0v) is 14.2. The number of allylic oxidation sites excluding steroid dienone is 2. The second-order valence-corrected chi connectivity index (χ2v) is 6.69. The van der Waals surface area contributed by atoms with Gasteiger partial charge in [-0.05, 0) is 42.0 Å². The summed E-state index contributed by atoms with van der Waals surface area (Å²) in [6.07, 6.45) is 11.7. The van der Waals surface area contributed by atoms with Gasteiger partial charge in [0.25, 0.3) is 0 Å². The lowest BCUT2D eigenvalue weighted by Crippen LogP contribution is -2.13. The van der Waals surface area contributed by atoms with Crippen LogP contribution in [0.25, 0.3) is 11.3 Å². The van der Waals surface area contributed by atoms with Crippen LogP contribution in [0.5, 0.6) is 0 Å². The van der Waals surface area contributed by atoms with Crippen molar-refractivity contribution in [2.24, 2.45) is 5.92 Å². The summed E-state index contributed by atoms with van der Waals surface area (Å²) in [6.45, 7) is 0. The smallest absolute Gasteiger partial charge is 0.167 e. The number of carbonyl (C=O) groups excluding carboxylic acids is 1. The zero-order valence-electron chi connectivity index (χ0n) is 12.7. The van der Waals surface area contributed by atoms with E-state index in [1.54, 1.807) is 29.4 Å². The Morgan fingerprint density at radius 2 is 2.00 bits per heavy atom. The van der Waals surface area contributed by atoms with Crippen LogP contribution in [0.3, 0.4) is 0 Å². The molecule has 23 heavy (non-hydrogen) atoms. The number of hydrogen-bond donors (Lipinski definition) is 0. The Balaban J connectivity index is 2.18. The van der Waals surface area contributed by atoms with E-state index in [-0.39, 0.29) is 0 Å². The molecule has 3 nitrogen and oxygen atoms in total. The first-order chi connectivity index (χ1) is 11.2. The van der Waals surface area contributed by atoms with Crippen LogP contribution in [0.1, 0.15) is 37.7 Å². The summed E-state index contributed by atoms with van der Waals surface area (Å²) >= 11 is 12.5. The van der Waals surface area contributed by atoms with E-state index in [1.807, 2.05) is 12.1 Å². The van der Waals surface area contributed by atoms with Gasteiger partial charge in [-0.25, -0.2) is 4.98 Å². The highest BCUT2D eigenvalue weighted by molar-refractivity contribution is 6.36. The summed E-state index contributed by atoms with van der Waals surface area (Å²) in [7, 11) is 0. The molecule has 0 aliphatic heterocycles. The van der Waals surface area contributed by atoms with Crippen molar-refractivity contribution in [1.82, 2.24) is 9.55 Å². The predicted octanol–water partition coefficient (Wildman–Crippen LogP) is 5.34. The number of rotatable bonds is 4. The maximum Gasteiger partial charge on any atom is 0.167 e. The average Bonchev–Trinajstić information content (AvgIpc) is 3.08. The molecule has 1 aromatic carbocycles. The van der Waals surface area contributed by atoms with Crippen LogP contribution in [0.4, 0.5) is 0 Å². The van der Waals surface area contributed by atoms with Gasteiger partial charge in [-0.3, -0.25) is 4.79 Å². The Bertz CT molecular complexity index is 717. The molecule has 1 fully saturated rings. The molecule has 0 amide bonds. The van der Waals surface area contributed by atoms with Gasteiger partial charge in [0, 0.05) is 22.4 Å². The van der Waals surface area contributed by atoms with E-state index >= 15 is 0 Å². The number of benzene rings is 1. The predicted molar refractivity (Wildman–Crippen MR) is 94.4 cm³/mol. The third-order valence-corrected chi connectivity index (χ3v) is 4.95. The van der Waals surface area contributed by atoms with Gasteiger partial charge in [-0.15, -0.1) is 0 Å². The van der Waals surface area contributed by atoms with Crippen LogP contribution < -0.4 is 0 Å². The van der Waals surface area contributed by atoms with Crippen LogP contribution >= 0.6 is 23.2 Å². The molecule has 1 heterocycles. The highest BCUT2D eigenvalue weighted by Crippen LogP contribution is 2.41. The van der Waals surface area contributed by atoms with Gasteiger partial charge in [0.1, 0.15) is 0 Å². The Hall–Kier alpha value is -1.58. The summed E-state index contributed by atoms with van der Waals surface area (Å²) in [4.78, 5) is 15.9. The lowest BCUT2D eigenvalue weighted by Gasteiger charge is -2.27. The zero-order chi connectivity index (χ0) is 16.2. The third kappa shape index (κ3) is 3.51. The van der Waals surface area contributed by atoms with Gasteiger partial charge in [-0.2, -0.15) is 0 Å². The van der Waals surface area contributed by atoms with Gasteiger partial charge >= 0.3 is 0 Å². The normalized spacial score (nSPS) is 17.0. The third-order valence-electron chi connectivity index (χ3n) is 4.40. The number of hydrogen-bond acceptors (Lipinski definition) is 2. The molecule has 5 heteroatoms. The Kier molecular flexibility index (Phi) is 5.19. The molecule has 3 rings (SSSR count). The maximum atomic E-state index is 11.9. The highest BCUT2D eigenvalue weighted by atomic mass is 35.5. The average molecular weight is 349 g/mol. The number of carbonyl (C=O) groups is 1. The molecule has 0 saturated heterocycles. The SMILES string of the molecule is O=CC(=C(c1ccc(Cl)cc1Cl)C1CCCCC1)n1ccnc1. The van der Waals surface area contributed by atoms with Gasteiger partial charge in [0.05, 0.1) is 12.0 Å². The molecule has 2 aromatic rings. The summed E-state index contributed by atoms with van der Waals surface area (Å²) < 4.78 is 1.77. The van der Waals surface area contributed by atoms with Gasteiger partial charge in [-0.1, -0.05) is 48.5 Å². The van der Waals surface area contributed by atoms with E-state index in [2.05, 4.69) is 4.98 Å². The monoisotopic (exact) mass is 348 g/mol. The molecule has 1 aliphatic carbocycles. The molecule has 0 radical (unpaired) electrons. The molecule has 120 valence electrons. The number of halogens is 2. The Labute approximate surface area is 145 Å². The van der Waals surface area contributed by atoms with Crippen LogP contribution in [0, 0.1) is 5.92 Å². The quantitative estimate of drug-likeness (QED) is 0.552. The largest absolute Gasteiger partial charge is 0.303 e. The van der Waals surface area contributed by atoms with E-state index < -0.39 is 0 Å². The second kappa shape index (κ2) is 7.33. The molecule has 1 saturated carbocycles. The highest BCUT2D eigenvalue weighted by Gasteiger charge is 2.25. The fourth-order valence-corrected chi connectivity index (χ4v) is 3.84. The van der Waals surface area contributed by atoms with Crippen molar-refractivity contribution in [3.8, 4) is 0 Å². The minimum Gasteiger partial charge on any atom is -0.303 e. The first kappa shape index (κ1) is 16.3. The molecule has 0 unspecified atom stereocenters. The van der Waals surface area contributed by atoms with Gasteiger partial charge < -0.3 is 4.57 Å². The number of aldehydes is 1. The molecule has 0 bridgehead atoms. The summed E-state index contributed by atoms with van der Waals surface area (Å²) in [6, 6.07) is 5.47. The Morgan fingerprint density at radius 1 is 1.22 bits per heavy atom. The van der Waals surface area contributed by atoms with E-state index in [1.165, 1.54) is 19.3 Å². The lowest BCUT2D eigenvalue weighted by atomic mass is 9.80. The van der Waals surface area contributed by atoms with Crippen molar-refractivity contribution in [2.75, 3.05) is 0 Å². The van der Waals surface area contributed by atoms with Crippen molar-refractivity contribution >= 4 is 40.8 Å². The number of imidazole rings is 1. The molecule has 1 aromatic heterocycles. The number of nitrogens with zero attached hydrogens (tertiary/aromatic N) is 2. The van der Waals surface area contributed by atoms with E-state index in [9.17, 15) is 4.79 Å². The van der Waals surface area contributed by atoms with Crippen molar-refractivity contribution in [2.45, 2.75) is 32.1 Å². The van der Waals surface area contributed by atoms with Crippen LogP contribution in [0.15, 0.2) is 36.9 Å². The number of aromatic nitrogens is 2. The summed E-state index contributed by atoms with van der Waals surface area (Å²) in [5.41, 5.74) is 2.50. The second-order valence-electron chi connectivity index (χ2n) is 5.85. The van der Waals surface area contributed by atoms with Crippen molar-refractivity contribution in [1.29, 1.82) is 0 Å². The first-order valence-electron chi connectivity index (χ1n) is 7.84. The van der Waals surface area contributed by atoms with Crippen LogP contribution in [-0.2, 0) is 4.79 Å². The van der Waals surface area contributed by atoms with Crippen molar-refractivity contribution in [3.05, 3.63) is 52.5 Å². The minimum absolute atomic E-state index is 0.324. The minimum atomic E-state index is 0.324. The van der Waals surface area contributed by atoms with E-state index in [0.717, 1.165) is 30.3 Å². The maximum absolute atomic E-state index is 11.9. The van der Waals surface area contributed by atoms with Crippen LogP contribution in [0.2, 0.25) is 10.0 Å². The van der Waals surface area contributed by atoms with E-state index in [4.69, 9.17) is 23.2 Å². The van der Waals surface area contributed by atoms with Crippen molar-refractivity contribution in [3.63, 3.8) is 0 Å². The molecular weight excluding hydrogens is 331 g/mol. The van der Waals surface area contributed by atoms with Gasteiger partial charge in [0.2, 0.25) is 0 Å².